The lowest BCUT2D eigenvalue weighted by molar-refractivity contribution is 0.667. The number of nitrogens with zero attached hydrogens (tertiary/aromatic N) is 2. The van der Waals surface area contributed by atoms with E-state index in [-0.39, 0.29) is 0 Å². The fourth-order valence-electron chi connectivity index (χ4n) is 2.24. The molecule has 0 saturated carbocycles. The van der Waals surface area contributed by atoms with Gasteiger partial charge in [0.15, 0.2) is 0 Å². The van der Waals surface area contributed by atoms with Gasteiger partial charge in [0.1, 0.15) is 10.0 Å². The van der Waals surface area contributed by atoms with E-state index in [9.17, 15) is 0 Å². The Morgan fingerprint density at radius 2 is 1.90 bits per heavy atom. The van der Waals surface area contributed by atoms with Crippen molar-refractivity contribution in [2.75, 3.05) is 13.1 Å². The van der Waals surface area contributed by atoms with Gasteiger partial charge in [0, 0.05) is 18.9 Å². The van der Waals surface area contributed by atoms with Crippen molar-refractivity contribution < 1.29 is 0 Å². The van der Waals surface area contributed by atoms with Crippen LogP contribution in [-0.2, 0) is 6.42 Å². The first-order valence-electron chi connectivity index (χ1n) is 7.43. The van der Waals surface area contributed by atoms with Gasteiger partial charge in [0.25, 0.3) is 0 Å². The average Bonchev–Trinajstić information content (AvgIpc) is 2.94. The van der Waals surface area contributed by atoms with Crippen LogP contribution in [-0.4, -0.2) is 23.3 Å². The molecule has 0 spiro atoms. The predicted octanol–water partition coefficient (Wildman–Crippen LogP) is 3.62. The molecule has 1 atom stereocenters. The molecule has 3 nitrogen and oxygen atoms in total. The molecule has 0 aliphatic carbocycles. The Labute approximate surface area is 125 Å². The van der Waals surface area contributed by atoms with Crippen molar-refractivity contribution in [3.63, 3.8) is 0 Å². The first kappa shape index (κ1) is 15.1. The number of hydrogen-bond acceptors (Lipinski definition) is 4. The minimum atomic E-state index is 0.381. The van der Waals surface area contributed by atoms with Gasteiger partial charge in [0.05, 0.1) is 0 Å². The van der Waals surface area contributed by atoms with Crippen LogP contribution in [0.5, 0.6) is 0 Å². The highest BCUT2D eigenvalue weighted by molar-refractivity contribution is 7.11. The van der Waals surface area contributed by atoms with Crippen LogP contribution in [0.3, 0.4) is 0 Å². The molecule has 0 aliphatic rings. The average molecular weight is 289 g/mol. The lowest BCUT2D eigenvalue weighted by atomic mass is 9.97. The Bertz CT molecular complexity index is 495. The highest BCUT2D eigenvalue weighted by Crippen LogP contribution is 2.29. The van der Waals surface area contributed by atoms with E-state index in [2.05, 4.69) is 59.7 Å². The smallest absolute Gasteiger partial charge is 0.124 e. The number of rotatable bonds is 8. The second kappa shape index (κ2) is 8.12. The summed E-state index contributed by atoms with van der Waals surface area (Å²) in [7, 11) is 0. The Kier molecular flexibility index (Phi) is 6.15. The zero-order chi connectivity index (χ0) is 14.2. The van der Waals surface area contributed by atoms with Gasteiger partial charge in [-0.3, -0.25) is 0 Å². The molecule has 1 aromatic heterocycles. The van der Waals surface area contributed by atoms with Crippen LogP contribution in [0, 0.1) is 0 Å². The Morgan fingerprint density at radius 1 is 1.10 bits per heavy atom. The van der Waals surface area contributed by atoms with Gasteiger partial charge < -0.3 is 5.32 Å². The molecule has 1 aromatic carbocycles. The summed E-state index contributed by atoms with van der Waals surface area (Å²) in [5.74, 6) is 0.381. The van der Waals surface area contributed by atoms with Gasteiger partial charge in [-0.2, -0.15) is 0 Å². The second-order valence-corrected chi connectivity index (χ2v) is 6.00. The van der Waals surface area contributed by atoms with Crippen molar-refractivity contribution in [2.24, 2.45) is 0 Å². The van der Waals surface area contributed by atoms with Gasteiger partial charge >= 0.3 is 0 Å². The monoisotopic (exact) mass is 289 g/mol. The first-order chi connectivity index (χ1) is 9.85. The fraction of sp³-hybridized carbons (Fsp3) is 0.500. The van der Waals surface area contributed by atoms with E-state index in [4.69, 9.17) is 0 Å². The van der Waals surface area contributed by atoms with Gasteiger partial charge in [-0.1, -0.05) is 44.2 Å². The molecule has 0 amide bonds. The van der Waals surface area contributed by atoms with Crippen LogP contribution >= 0.6 is 11.3 Å². The molecule has 0 radical (unpaired) electrons. The highest BCUT2D eigenvalue weighted by atomic mass is 32.1. The molecule has 1 heterocycles. The molecule has 1 unspecified atom stereocenters. The normalized spacial score (nSPS) is 12.5. The summed E-state index contributed by atoms with van der Waals surface area (Å²) in [6.07, 6.45) is 3.21. The predicted molar refractivity (Wildman–Crippen MR) is 85.3 cm³/mol. The number of benzene rings is 1. The number of hydrogen-bond donors (Lipinski definition) is 1. The standard InChI is InChI=1S/C16H23N3S/c1-3-11-17-12-10-15-18-19-16(20-15)14(4-2)13-8-6-5-7-9-13/h5-9,14,17H,3-4,10-12H2,1-2H3. The topological polar surface area (TPSA) is 37.8 Å². The van der Waals surface area contributed by atoms with Crippen molar-refractivity contribution in [3.8, 4) is 0 Å². The minimum Gasteiger partial charge on any atom is -0.316 e. The van der Waals surface area contributed by atoms with Crippen molar-refractivity contribution in [3.05, 3.63) is 45.9 Å². The van der Waals surface area contributed by atoms with Crippen molar-refractivity contribution in [1.82, 2.24) is 15.5 Å². The maximum Gasteiger partial charge on any atom is 0.124 e. The lowest BCUT2D eigenvalue weighted by Gasteiger charge is -2.11. The molecular formula is C16H23N3S. The molecule has 2 rings (SSSR count). The Balaban J connectivity index is 1.99. The van der Waals surface area contributed by atoms with E-state index in [1.165, 1.54) is 12.0 Å². The van der Waals surface area contributed by atoms with Crippen LogP contribution in [0.2, 0.25) is 0 Å². The van der Waals surface area contributed by atoms with E-state index < -0.39 is 0 Å². The van der Waals surface area contributed by atoms with Crippen LogP contribution in [0.4, 0.5) is 0 Å². The van der Waals surface area contributed by atoms with E-state index in [1.54, 1.807) is 11.3 Å². The van der Waals surface area contributed by atoms with Gasteiger partial charge in [-0.15, -0.1) is 21.5 Å². The molecule has 0 bridgehead atoms. The molecule has 20 heavy (non-hydrogen) atoms. The molecule has 1 N–H and O–H groups in total. The van der Waals surface area contributed by atoms with Gasteiger partial charge in [0.2, 0.25) is 0 Å². The van der Waals surface area contributed by atoms with E-state index in [0.717, 1.165) is 35.9 Å². The maximum atomic E-state index is 4.40. The highest BCUT2D eigenvalue weighted by Gasteiger charge is 2.16. The van der Waals surface area contributed by atoms with Crippen molar-refractivity contribution in [1.29, 1.82) is 0 Å². The van der Waals surface area contributed by atoms with Gasteiger partial charge in [-0.05, 0) is 24.9 Å². The molecular weight excluding hydrogens is 266 g/mol. The van der Waals surface area contributed by atoms with Crippen LogP contribution in [0.15, 0.2) is 30.3 Å². The summed E-state index contributed by atoms with van der Waals surface area (Å²) in [6, 6.07) is 10.6. The Hall–Kier alpha value is -1.26. The zero-order valence-corrected chi connectivity index (χ0v) is 13.1. The summed E-state index contributed by atoms with van der Waals surface area (Å²) in [4.78, 5) is 0. The fourth-order valence-corrected chi connectivity index (χ4v) is 3.30. The third kappa shape index (κ3) is 4.12. The molecule has 2 aromatic rings. The second-order valence-electron chi connectivity index (χ2n) is 4.91. The largest absolute Gasteiger partial charge is 0.316 e. The minimum absolute atomic E-state index is 0.381. The van der Waals surface area contributed by atoms with Crippen molar-refractivity contribution in [2.45, 2.75) is 39.0 Å². The molecule has 0 fully saturated rings. The Morgan fingerprint density at radius 3 is 2.60 bits per heavy atom. The van der Waals surface area contributed by atoms with E-state index in [1.807, 2.05) is 0 Å². The van der Waals surface area contributed by atoms with Crippen LogP contribution in [0.25, 0.3) is 0 Å². The molecule has 108 valence electrons. The van der Waals surface area contributed by atoms with Gasteiger partial charge in [-0.25, -0.2) is 0 Å². The molecule has 0 aliphatic heterocycles. The molecule has 4 heteroatoms. The molecule has 0 saturated heterocycles. The lowest BCUT2D eigenvalue weighted by Crippen LogP contribution is -2.17. The quantitative estimate of drug-likeness (QED) is 0.754. The number of aromatic nitrogens is 2. The summed E-state index contributed by atoms with van der Waals surface area (Å²) in [5.41, 5.74) is 1.34. The van der Waals surface area contributed by atoms with E-state index in [0.29, 0.717) is 5.92 Å². The first-order valence-corrected chi connectivity index (χ1v) is 8.24. The summed E-state index contributed by atoms with van der Waals surface area (Å²) < 4.78 is 0. The van der Waals surface area contributed by atoms with Crippen LogP contribution in [0.1, 0.15) is 48.2 Å². The van der Waals surface area contributed by atoms with Crippen LogP contribution < -0.4 is 5.32 Å². The maximum absolute atomic E-state index is 4.40. The summed E-state index contributed by atoms with van der Waals surface area (Å²) in [6.45, 7) is 6.46. The number of nitrogens with one attached hydrogen (secondary N) is 1. The third-order valence-electron chi connectivity index (χ3n) is 3.33. The van der Waals surface area contributed by atoms with Crippen molar-refractivity contribution >= 4 is 11.3 Å². The third-order valence-corrected chi connectivity index (χ3v) is 4.43. The van der Waals surface area contributed by atoms with E-state index >= 15 is 0 Å². The summed E-state index contributed by atoms with van der Waals surface area (Å²) in [5, 5.41) is 14.4. The zero-order valence-electron chi connectivity index (χ0n) is 12.3. The summed E-state index contributed by atoms with van der Waals surface area (Å²) >= 11 is 1.76. The SMILES string of the molecule is CCCNCCc1nnc(C(CC)c2ccccc2)s1.